The summed E-state index contributed by atoms with van der Waals surface area (Å²) in [7, 11) is 2.02. The molecule has 0 amide bonds. The van der Waals surface area contributed by atoms with Crippen molar-refractivity contribution in [3.8, 4) is 0 Å². The number of rotatable bonds is 4. The quantitative estimate of drug-likeness (QED) is 0.774. The molecule has 0 aliphatic rings. The van der Waals surface area contributed by atoms with Gasteiger partial charge in [0.25, 0.3) is 0 Å². The van der Waals surface area contributed by atoms with Gasteiger partial charge in [-0.2, -0.15) is 0 Å². The molecule has 0 aliphatic carbocycles. The number of benzene rings is 2. The second-order valence-electron chi connectivity index (χ2n) is 4.98. The maximum Gasteiger partial charge on any atom is 0.0365 e. The van der Waals surface area contributed by atoms with Crippen molar-refractivity contribution in [3.05, 3.63) is 78.1 Å². The average molecular weight is 262 g/mol. The van der Waals surface area contributed by atoms with Crippen molar-refractivity contribution in [1.29, 1.82) is 0 Å². The van der Waals surface area contributed by atoms with Crippen LogP contribution in [0.1, 0.15) is 17.2 Å². The smallest absolute Gasteiger partial charge is 0.0365 e. The van der Waals surface area contributed by atoms with Gasteiger partial charge in [-0.25, -0.2) is 0 Å². The molecule has 0 saturated heterocycles. The number of aromatic nitrogens is 1. The molecule has 0 fully saturated rings. The Morgan fingerprint density at radius 2 is 1.85 bits per heavy atom. The summed E-state index contributed by atoms with van der Waals surface area (Å²) in [4.78, 5) is 4.20. The average Bonchev–Trinajstić information content (AvgIpc) is 2.53. The lowest BCUT2D eigenvalue weighted by Crippen LogP contribution is -2.19. The zero-order chi connectivity index (χ0) is 13.8. The molecule has 1 heterocycles. The first-order valence-corrected chi connectivity index (χ1v) is 6.92. The van der Waals surface area contributed by atoms with Gasteiger partial charge in [0.05, 0.1) is 0 Å². The zero-order valence-electron chi connectivity index (χ0n) is 11.6. The van der Waals surface area contributed by atoms with Crippen molar-refractivity contribution in [3.63, 3.8) is 0 Å². The van der Waals surface area contributed by atoms with E-state index in [0.29, 0.717) is 6.04 Å². The van der Waals surface area contributed by atoms with Crippen LogP contribution in [-0.2, 0) is 6.42 Å². The molecule has 0 aliphatic heterocycles. The molecule has 1 N–H and O–H groups in total. The molecule has 0 radical (unpaired) electrons. The minimum Gasteiger partial charge on any atom is -0.313 e. The van der Waals surface area contributed by atoms with E-state index in [1.807, 2.05) is 25.5 Å². The summed E-state index contributed by atoms with van der Waals surface area (Å²) in [6.07, 6.45) is 4.70. The van der Waals surface area contributed by atoms with Crippen molar-refractivity contribution >= 4 is 10.8 Å². The van der Waals surface area contributed by atoms with Gasteiger partial charge in [-0.1, -0.05) is 48.5 Å². The number of nitrogens with zero attached hydrogens (tertiary/aromatic N) is 1. The summed E-state index contributed by atoms with van der Waals surface area (Å²) in [6.45, 7) is 0. The highest BCUT2D eigenvalue weighted by Crippen LogP contribution is 2.26. The second-order valence-corrected chi connectivity index (χ2v) is 4.98. The molecule has 2 heteroatoms. The van der Waals surface area contributed by atoms with E-state index in [4.69, 9.17) is 0 Å². The van der Waals surface area contributed by atoms with E-state index in [1.165, 1.54) is 21.9 Å². The van der Waals surface area contributed by atoms with Crippen LogP contribution in [0.3, 0.4) is 0 Å². The third-order valence-corrected chi connectivity index (χ3v) is 3.71. The molecular formula is C18H18N2. The first-order valence-electron chi connectivity index (χ1n) is 6.92. The van der Waals surface area contributed by atoms with Gasteiger partial charge in [0, 0.05) is 18.4 Å². The van der Waals surface area contributed by atoms with Crippen LogP contribution in [0.25, 0.3) is 10.8 Å². The normalized spacial score (nSPS) is 12.4. The lowest BCUT2D eigenvalue weighted by atomic mass is 9.95. The van der Waals surface area contributed by atoms with Crippen LogP contribution < -0.4 is 5.32 Å². The lowest BCUT2D eigenvalue weighted by molar-refractivity contribution is 0.595. The number of fused-ring (bicyclic) bond motifs is 1. The number of nitrogens with one attached hydrogen (secondary N) is 1. The van der Waals surface area contributed by atoms with E-state index in [0.717, 1.165) is 6.42 Å². The van der Waals surface area contributed by atoms with Crippen LogP contribution in [0.2, 0.25) is 0 Å². The Hall–Kier alpha value is -2.19. The van der Waals surface area contributed by atoms with Crippen molar-refractivity contribution in [2.75, 3.05) is 7.05 Å². The molecule has 0 saturated carbocycles. The van der Waals surface area contributed by atoms with Gasteiger partial charge in [-0.3, -0.25) is 4.98 Å². The van der Waals surface area contributed by atoms with E-state index in [-0.39, 0.29) is 0 Å². The Morgan fingerprint density at radius 3 is 2.65 bits per heavy atom. The predicted molar refractivity (Wildman–Crippen MR) is 83.7 cm³/mol. The topological polar surface area (TPSA) is 24.9 Å². The molecule has 3 aromatic rings. The van der Waals surface area contributed by atoms with Crippen molar-refractivity contribution in [2.45, 2.75) is 12.5 Å². The number of hydrogen-bond donors (Lipinski definition) is 1. The summed E-state index contributed by atoms with van der Waals surface area (Å²) < 4.78 is 0. The minimum atomic E-state index is 0.297. The second kappa shape index (κ2) is 5.85. The summed E-state index contributed by atoms with van der Waals surface area (Å²) in [6, 6.07) is 19.5. The van der Waals surface area contributed by atoms with Crippen LogP contribution in [0.4, 0.5) is 0 Å². The molecule has 0 bridgehead atoms. The highest BCUT2D eigenvalue weighted by molar-refractivity contribution is 5.86. The van der Waals surface area contributed by atoms with Gasteiger partial charge in [-0.15, -0.1) is 0 Å². The highest BCUT2D eigenvalue weighted by Gasteiger charge is 2.12. The van der Waals surface area contributed by atoms with Gasteiger partial charge >= 0.3 is 0 Å². The Bertz CT molecular complexity index is 687. The Kier molecular flexibility index (Phi) is 3.75. The van der Waals surface area contributed by atoms with Crippen LogP contribution in [0.15, 0.2) is 67.0 Å². The van der Waals surface area contributed by atoms with Crippen LogP contribution in [0.5, 0.6) is 0 Å². The Labute approximate surface area is 119 Å². The monoisotopic (exact) mass is 262 g/mol. The van der Waals surface area contributed by atoms with Gasteiger partial charge in [0.15, 0.2) is 0 Å². The summed E-state index contributed by atoms with van der Waals surface area (Å²) in [5.74, 6) is 0. The lowest BCUT2D eigenvalue weighted by Gasteiger charge is -2.18. The first-order chi connectivity index (χ1) is 9.88. The van der Waals surface area contributed by atoms with Gasteiger partial charge < -0.3 is 5.32 Å². The molecule has 1 unspecified atom stereocenters. The number of hydrogen-bond acceptors (Lipinski definition) is 2. The molecule has 2 nitrogen and oxygen atoms in total. The third kappa shape index (κ3) is 2.56. The van der Waals surface area contributed by atoms with Crippen LogP contribution >= 0.6 is 0 Å². The molecule has 100 valence electrons. The molecule has 20 heavy (non-hydrogen) atoms. The Balaban J connectivity index is 1.99. The van der Waals surface area contributed by atoms with Crippen molar-refractivity contribution in [1.82, 2.24) is 10.3 Å². The van der Waals surface area contributed by atoms with Gasteiger partial charge in [0.2, 0.25) is 0 Å². The third-order valence-electron chi connectivity index (χ3n) is 3.71. The van der Waals surface area contributed by atoms with Crippen molar-refractivity contribution in [2.24, 2.45) is 0 Å². The predicted octanol–water partition coefficient (Wildman–Crippen LogP) is 3.74. The van der Waals surface area contributed by atoms with Gasteiger partial charge in [-0.05, 0) is 41.4 Å². The summed E-state index contributed by atoms with van der Waals surface area (Å²) >= 11 is 0. The van der Waals surface area contributed by atoms with E-state index in [9.17, 15) is 0 Å². The molecule has 3 rings (SSSR count). The SMILES string of the molecule is CNC(Cc1cccnc1)c1cccc2ccccc12. The molecule has 2 aromatic carbocycles. The van der Waals surface area contributed by atoms with E-state index in [2.05, 4.69) is 58.8 Å². The van der Waals surface area contributed by atoms with E-state index < -0.39 is 0 Å². The molecule has 1 atom stereocenters. The molecular weight excluding hydrogens is 244 g/mol. The van der Waals surface area contributed by atoms with E-state index >= 15 is 0 Å². The van der Waals surface area contributed by atoms with Crippen molar-refractivity contribution < 1.29 is 0 Å². The van der Waals surface area contributed by atoms with E-state index in [1.54, 1.807) is 0 Å². The maximum atomic E-state index is 4.20. The van der Waals surface area contributed by atoms with Crippen LogP contribution in [0, 0.1) is 0 Å². The fourth-order valence-corrected chi connectivity index (χ4v) is 2.68. The highest BCUT2D eigenvalue weighted by atomic mass is 14.9. The molecule has 1 aromatic heterocycles. The standard InChI is InChI=1S/C18H18N2/c1-19-18(12-14-6-5-11-20-13-14)17-10-4-8-15-7-2-3-9-16(15)17/h2-11,13,18-19H,12H2,1H3. The van der Waals surface area contributed by atoms with Crippen LogP contribution in [-0.4, -0.2) is 12.0 Å². The maximum absolute atomic E-state index is 4.20. The fraction of sp³-hybridized carbons (Fsp3) is 0.167. The Morgan fingerprint density at radius 1 is 1.00 bits per heavy atom. The minimum absolute atomic E-state index is 0.297. The van der Waals surface area contributed by atoms with Gasteiger partial charge in [0.1, 0.15) is 0 Å². The largest absolute Gasteiger partial charge is 0.313 e. The summed E-state index contributed by atoms with van der Waals surface area (Å²) in [5.41, 5.74) is 2.59. The first kappa shape index (κ1) is 12.8. The number of likely N-dealkylation sites (N-methyl/N-ethyl adjacent to an activating group) is 1. The fourth-order valence-electron chi connectivity index (χ4n) is 2.68. The summed E-state index contributed by atoms with van der Waals surface area (Å²) in [5, 5.41) is 6.04. The number of pyridine rings is 1. The molecule has 0 spiro atoms. The zero-order valence-corrected chi connectivity index (χ0v) is 11.6.